The Kier molecular flexibility index (Phi) is 4.80. The number of aryl methyl sites for hydroxylation is 1. The largest absolute Gasteiger partial charge is 0.391 e. The third-order valence-corrected chi connectivity index (χ3v) is 4.40. The van der Waals surface area contributed by atoms with Crippen molar-refractivity contribution in [1.82, 2.24) is 15.0 Å². The van der Waals surface area contributed by atoms with Crippen LogP contribution in [0, 0.1) is 18.6 Å². The molecular formula is C17H19F2N3O3. The highest BCUT2D eigenvalue weighted by atomic mass is 19.1. The Labute approximate surface area is 143 Å². The molecule has 1 unspecified atom stereocenters. The molecule has 0 bridgehead atoms. The van der Waals surface area contributed by atoms with E-state index in [1.807, 2.05) is 0 Å². The first kappa shape index (κ1) is 17.5. The second-order valence-electron chi connectivity index (χ2n) is 6.40. The van der Waals surface area contributed by atoms with Gasteiger partial charge in [-0.15, -0.1) is 0 Å². The summed E-state index contributed by atoms with van der Waals surface area (Å²) in [7, 11) is 0. The van der Waals surface area contributed by atoms with Gasteiger partial charge >= 0.3 is 0 Å². The number of nitrogens with zero attached hydrogens (tertiary/aromatic N) is 3. The van der Waals surface area contributed by atoms with Crippen molar-refractivity contribution in [3.8, 4) is 0 Å². The van der Waals surface area contributed by atoms with E-state index in [9.17, 15) is 18.7 Å². The lowest BCUT2D eigenvalue weighted by molar-refractivity contribution is -0.133. The van der Waals surface area contributed by atoms with Gasteiger partial charge in [0.1, 0.15) is 17.7 Å². The number of carbonyl (C=O) groups excluding carboxylic acids is 1. The zero-order chi connectivity index (χ0) is 18.1. The van der Waals surface area contributed by atoms with Crippen LogP contribution < -0.4 is 0 Å². The lowest BCUT2D eigenvalue weighted by Gasteiger charge is -2.23. The summed E-state index contributed by atoms with van der Waals surface area (Å²) in [5.41, 5.74) is 0.277. The number of likely N-dealkylation sites (tertiary alicyclic amines) is 1. The standard InChI is InChI=1S/C17H19F2N3O3/c1-9(13-4-3-11(18)6-14(13)19)5-16(24)22-8-12(23)7-15(22)17-20-10(2)21-25-17/h3-4,6,9,12,15,23H,5,7-8H2,1-2H3/t9?,12-,15+/m0/s1. The quantitative estimate of drug-likeness (QED) is 0.915. The van der Waals surface area contributed by atoms with Crippen molar-refractivity contribution >= 4 is 5.91 Å². The highest BCUT2D eigenvalue weighted by Gasteiger charge is 2.39. The summed E-state index contributed by atoms with van der Waals surface area (Å²) in [4.78, 5) is 18.3. The Morgan fingerprint density at radius 1 is 1.48 bits per heavy atom. The molecule has 1 saturated heterocycles. The van der Waals surface area contributed by atoms with Gasteiger partial charge in [-0.05, 0) is 24.5 Å². The summed E-state index contributed by atoms with van der Waals surface area (Å²) >= 11 is 0. The molecule has 6 nitrogen and oxygen atoms in total. The maximum Gasteiger partial charge on any atom is 0.249 e. The first-order chi connectivity index (χ1) is 11.8. The van der Waals surface area contributed by atoms with Crippen molar-refractivity contribution in [2.75, 3.05) is 6.54 Å². The zero-order valence-corrected chi connectivity index (χ0v) is 13.9. The first-order valence-corrected chi connectivity index (χ1v) is 8.08. The molecule has 1 fully saturated rings. The van der Waals surface area contributed by atoms with Gasteiger partial charge in [0, 0.05) is 25.5 Å². The fraction of sp³-hybridized carbons (Fsp3) is 0.471. The van der Waals surface area contributed by atoms with Crippen LogP contribution in [0.4, 0.5) is 8.78 Å². The predicted molar refractivity (Wildman–Crippen MR) is 83.5 cm³/mol. The second-order valence-corrected chi connectivity index (χ2v) is 6.40. The number of carbonyl (C=O) groups is 1. The molecule has 2 heterocycles. The van der Waals surface area contributed by atoms with Crippen molar-refractivity contribution in [1.29, 1.82) is 0 Å². The molecule has 1 aliphatic heterocycles. The van der Waals surface area contributed by atoms with E-state index in [1.165, 1.54) is 17.0 Å². The summed E-state index contributed by atoms with van der Waals surface area (Å²) in [6.07, 6.45) is -0.343. The molecule has 0 radical (unpaired) electrons. The number of halogens is 2. The van der Waals surface area contributed by atoms with Crippen LogP contribution in [-0.4, -0.2) is 38.7 Å². The Morgan fingerprint density at radius 3 is 2.88 bits per heavy atom. The molecule has 1 aromatic heterocycles. The van der Waals surface area contributed by atoms with Crippen LogP contribution in [-0.2, 0) is 4.79 Å². The molecule has 0 aliphatic carbocycles. The maximum atomic E-state index is 13.9. The molecule has 0 saturated carbocycles. The smallest absolute Gasteiger partial charge is 0.249 e. The lowest BCUT2D eigenvalue weighted by atomic mass is 9.96. The van der Waals surface area contributed by atoms with Crippen molar-refractivity contribution in [2.45, 2.75) is 44.8 Å². The molecule has 1 amide bonds. The molecule has 1 aliphatic rings. The minimum atomic E-state index is -0.681. The van der Waals surface area contributed by atoms with Gasteiger partial charge in [-0.3, -0.25) is 4.79 Å². The zero-order valence-electron chi connectivity index (χ0n) is 13.9. The number of rotatable bonds is 4. The lowest BCUT2D eigenvalue weighted by Crippen LogP contribution is -2.32. The highest BCUT2D eigenvalue weighted by molar-refractivity contribution is 5.78. The molecule has 1 N–H and O–H groups in total. The summed E-state index contributed by atoms with van der Waals surface area (Å²) in [5, 5.41) is 13.6. The van der Waals surface area contributed by atoms with Gasteiger partial charge in [0.15, 0.2) is 5.82 Å². The van der Waals surface area contributed by atoms with Crippen LogP contribution in [0.3, 0.4) is 0 Å². The molecular weight excluding hydrogens is 332 g/mol. The predicted octanol–water partition coefficient (Wildman–Crippen LogP) is 2.48. The number of hydrogen-bond acceptors (Lipinski definition) is 5. The maximum absolute atomic E-state index is 13.9. The Bertz CT molecular complexity index is 780. The van der Waals surface area contributed by atoms with E-state index in [0.29, 0.717) is 12.2 Å². The van der Waals surface area contributed by atoms with E-state index in [4.69, 9.17) is 4.52 Å². The monoisotopic (exact) mass is 351 g/mol. The number of aliphatic hydroxyl groups excluding tert-OH is 1. The summed E-state index contributed by atoms with van der Waals surface area (Å²) < 4.78 is 32.1. The van der Waals surface area contributed by atoms with Gasteiger partial charge in [-0.25, -0.2) is 8.78 Å². The SMILES string of the molecule is Cc1noc([C@H]2C[C@H](O)CN2C(=O)CC(C)c2ccc(F)cc2F)n1. The van der Waals surface area contributed by atoms with E-state index < -0.39 is 29.7 Å². The number of β-amino-alcohol motifs (C(OH)–C–C–N with tert-alkyl or cyclic N) is 1. The fourth-order valence-corrected chi connectivity index (χ4v) is 3.16. The van der Waals surface area contributed by atoms with Gasteiger partial charge in [0.05, 0.1) is 6.10 Å². The van der Waals surface area contributed by atoms with Gasteiger partial charge in [-0.2, -0.15) is 4.98 Å². The molecule has 25 heavy (non-hydrogen) atoms. The van der Waals surface area contributed by atoms with Crippen LogP contribution in [0.25, 0.3) is 0 Å². The van der Waals surface area contributed by atoms with E-state index in [2.05, 4.69) is 10.1 Å². The van der Waals surface area contributed by atoms with Gasteiger partial charge in [0.2, 0.25) is 11.8 Å². The van der Waals surface area contributed by atoms with Gasteiger partial charge < -0.3 is 14.5 Å². The van der Waals surface area contributed by atoms with Crippen molar-refractivity contribution in [2.24, 2.45) is 0 Å². The first-order valence-electron chi connectivity index (χ1n) is 8.08. The van der Waals surface area contributed by atoms with Crippen LogP contribution in [0.15, 0.2) is 22.7 Å². The summed E-state index contributed by atoms with van der Waals surface area (Å²) in [6.45, 7) is 3.53. The second kappa shape index (κ2) is 6.87. The number of aliphatic hydroxyl groups is 1. The van der Waals surface area contributed by atoms with E-state index >= 15 is 0 Å². The summed E-state index contributed by atoms with van der Waals surface area (Å²) in [6, 6.07) is 2.83. The minimum Gasteiger partial charge on any atom is -0.391 e. The van der Waals surface area contributed by atoms with Crippen LogP contribution in [0.5, 0.6) is 0 Å². The Morgan fingerprint density at radius 2 is 2.24 bits per heavy atom. The number of aromatic nitrogens is 2. The van der Waals surface area contributed by atoms with Crippen molar-refractivity contribution in [3.05, 3.63) is 47.1 Å². The minimum absolute atomic E-state index is 0.0267. The molecule has 1 aromatic carbocycles. The summed E-state index contributed by atoms with van der Waals surface area (Å²) in [5.74, 6) is -1.29. The average Bonchev–Trinajstić information content (AvgIpc) is 3.12. The van der Waals surface area contributed by atoms with E-state index in [1.54, 1.807) is 13.8 Å². The van der Waals surface area contributed by atoms with Crippen molar-refractivity contribution < 1.29 is 23.2 Å². The van der Waals surface area contributed by atoms with Crippen LogP contribution in [0.2, 0.25) is 0 Å². The fourth-order valence-electron chi connectivity index (χ4n) is 3.16. The van der Waals surface area contributed by atoms with Crippen LogP contribution in [0.1, 0.15) is 49.0 Å². The van der Waals surface area contributed by atoms with E-state index in [-0.39, 0.29) is 30.3 Å². The molecule has 8 heteroatoms. The molecule has 0 spiro atoms. The Hall–Kier alpha value is -2.35. The normalized spacial score (nSPS) is 21.6. The third kappa shape index (κ3) is 3.68. The number of hydrogen-bond donors (Lipinski definition) is 1. The highest BCUT2D eigenvalue weighted by Crippen LogP contribution is 2.33. The Balaban J connectivity index is 1.74. The molecule has 3 atom stereocenters. The topological polar surface area (TPSA) is 79.5 Å². The number of benzene rings is 1. The van der Waals surface area contributed by atoms with Crippen molar-refractivity contribution in [3.63, 3.8) is 0 Å². The van der Waals surface area contributed by atoms with Gasteiger partial charge in [0.25, 0.3) is 0 Å². The van der Waals surface area contributed by atoms with E-state index in [0.717, 1.165) is 6.07 Å². The molecule has 134 valence electrons. The third-order valence-electron chi connectivity index (χ3n) is 4.40. The van der Waals surface area contributed by atoms with Gasteiger partial charge in [-0.1, -0.05) is 18.1 Å². The number of amides is 1. The average molecular weight is 351 g/mol. The molecule has 3 rings (SSSR count). The van der Waals surface area contributed by atoms with Crippen LogP contribution >= 0.6 is 0 Å². The molecule has 2 aromatic rings.